The zero-order valence-corrected chi connectivity index (χ0v) is 13.1. The summed E-state index contributed by atoms with van der Waals surface area (Å²) in [7, 11) is 0. The number of benzene rings is 1. The van der Waals surface area contributed by atoms with Crippen LogP contribution >= 0.6 is 0 Å². The minimum Gasteiger partial charge on any atom is -0.378 e. The molecule has 0 aromatic heterocycles. The second-order valence-corrected chi connectivity index (χ2v) is 7.13. The minimum atomic E-state index is 0.475. The summed E-state index contributed by atoms with van der Waals surface area (Å²) in [5.41, 5.74) is 3.59. The smallest absolute Gasteiger partial charge is 0.0661 e. The van der Waals surface area contributed by atoms with Crippen LogP contribution in [0.2, 0.25) is 0 Å². The zero-order chi connectivity index (χ0) is 14.3. The molecule has 2 saturated carbocycles. The molecular formula is C19H27NO. The molecule has 21 heavy (non-hydrogen) atoms. The fourth-order valence-corrected chi connectivity index (χ4v) is 4.84. The largest absolute Gasteiger partial charge is 0.378 e. The molecule has 2 nitrogen and oxygen atoms in total. The lowest BCUT2D eigenvalue weighted by Crippen LogP contribution is -2.67. The van der Waals surface area contributed by atoms with E-state index in [4.69, 9.17) is 4.74 Å². The van der Waals surface area contributed by atoms with Crippen molar-refractivity contribution in [3.63, 3.8) is 0 Å². The van der Waals surface area contributed by atoms with Gasteiger partial charge in [0.15, 0.2) is 0 Å². The Hall–Kier alpha value is -0.860. The van der Waals surface area contributed by atoms with E-state index >= 15 is 0 Å². The minimum absolute atomic E-state index is 0.475. The van der Waals surface area contributed by atoms with Gasteiger partial charge in [-0.05, 0) is 56.6 Å². The Balaban J connectivity index is 1.48. The molecule has 3 aliphatic rings. The Kier molecular flexibility index (Phi) is 3.55. The average molecular weight is 285 g/mol. The molecule has 2 fully saturated rings. The molecule has 114 valence electrons. The lowest BCUT2D eigenvalue weighted by atomic mass is 9.50. The fourth-order valence-electron chi connectivity index (χ4n) is 4.84. The van der Waals surface area contributed by atoms with Gasteiger partial charge in [0.2, 0.25) is 0 Å². The third kappa shape index (κ3) is 2.15. The highest BCUT2D eigenvalue weighted by molar-refractivity contribution is 5.32. The molecular weight excluding hydrogens is 258 g/mol. The maximum absolute atomic E-state index is 5.98. The Morgan fingerprint density at radius 1 is 1.24 bits per heavy atom. The number of ether oxygens (including phenoxy) is 1. The predicted octanol–water partition coefficient (Wildman–Crippen LogP) is 4.00. The highest BCUT2D eigenvalue weighted by Gasteiger charge is 2.59. The molecule has 0 saturated heterocycles. The Labute approximate surface area is 128 Å². The van der Waals surface area contributed by atoms with Gasteiger partial charge in [-0.1, -0.05) is 30.7 Å². The number of fused-ring (bicyclic) bond motifs is 1. The summed E-state index contributed by atoms with van der Waals surface area (Å²) in [6.45, 7) is 3.00. The highest BCUT2D eigenvalue weighted by Crippen LogP contribution is 2.57. The number of hydrogen-bond acceptors (Lipinski definition) is 2. The monoisotopic (exact) mass is 285 g/mol. The molecule has 4 rings (SSSR count). The SMILES string of the molecule is CCOC1CC(NC2CCCc3ccccc32)C12CCC2. The van der Waals surface area contributed by atoms with E-state index in [2.05, 4.69) is 36.5 Å². The van der Waals surface area contributed by atoms with Crippen molar-refractivity contribution in [3.05, 3.63) is 35.4 Å². The molecule has 0 amide bonds. The first-order valence-corrected chi connectivity index (χ1v) is 8.79. The molecule has 1 N–H and O–H groups in total. The summed E-state index contributed by atoms with van der Waals surface area (Å²) in [6.07, 6.45) is 9.73. The van der Waals surface area contributed by atoms with Crippen LogP contribution in [0.25, 0.3) is 0 Å². The summed E-state index contributed by atoms with van der Waals surface area (Å²) in [5, 5.41) is 4.01. The topological polar surface area (TPSA) is 21.3 Å². The Morgan fingerprint density at radius 3 is 2.86 bits per heavy atom. The lowest BCUT2D eigenvalue weighted by Gasteiger charge is -2.62. The molecule has 0 heterocycles. The van der Waals surface area contributed by atoms with E-state index < -0.39 is 0 Å². The second kappa shape index (κ2) is 5.40. The van der Waals surface area contributed by atoms with Gasteiger partial charge in [-0.15, -0.1) is 0 Å². The van der Waals surface area contributed by atoms with Gasteiger partial charge in [-0.2, -0.15) is 0 Å². The van der Waals surface area contributed by atoms with Crippen LogP contribution in [0.15, 0.2) is 24.3 Å². The van der Waals surface area contributed by atoms with E-state index in [1.807, 2.05) is 0 Å². The summed E-state index contributed by atoms with van der Waals surface area (Å²) in [4.78, 5) is 0. The van der Waals surface area contributed by atoms with Gasteiger partial charge in [-0.3, -0.25) is 0 Å². The first-order chi connectivity index (χ1) is 10.3. The van der Waals surface area contributed by atoms with Crippen LogP contribution in [0.4, 0.5) is 0 Å². The Morgan fingerprint density at radius 2 is 2.10 bits per heavy atom. The second-order valence-electron chi connectivity index (χ2n) is 7.13. The van der Waals surface area contributed by atoms with E-state index in [0.717, 1.165) is 6.61 Å². The van der Waals surface area contributed by atoms with Crippen molar-refractivity contribution in [3.8, 4) is 0 Å². The van der Waals surface area contributed by atoms with Crippen molar-refractivity contribution >= 4 is 0 Å². The van der Waals surface area contributed by atoms with Crippen molar-refractivity contribution in [1.29, 1.82) is 0 Å². The molecule has 3 unspecified atom stereocenters. The molecule has 1 spiro atoms. The molecule has 0 aliphatic heterocycles. The van der Waals surface area contributed by atoms with Gasteiger partial charge in [0.1, 0.15) is 0 Å². The van der Waals surface area contributed by atoms with Crippen LogP contribution in [0, 0.1) is 5.41 Å². The van der Waals surface area contributed by atoms with Crippen LogP contribution in [0.3, 0.4) is 0 Å². The molecule has 1 aromatic carbocycles. The number of aryl methyl sites for hydroxylation is 1. The van der Waals surface area contributed by atoms with E-state index in [1.165, 1.54) is 44.9 Å². The molecule has 1 aromatic rings. The van der Waals surface area contributed by atoms with Gasteiger partial charge in [-0.25, -0.2) is 0 Å². The maximum Gasteiger partial charge on any atom is 0.0661 e. The Bertz CT molecular complexity index is 508. The van der Waals surface area contributed by atoms with Crippen LogP contribution in [-0.2, 0) is 11.2 Å². The standard InChI is InChI=1S/C19H27NO/c1-2-21-18-13-17(19(18)11-6-12-19)20-16-10-5-8-14-7-3-4-9-15(14)16/h3-4,7,9,16-18,20H,2,5-6,8,10-13H2,1H3. The quantitative estimate of drug-likeness (QED) is 0.903. The number of rotatable bonds is 4. The summed E-state index contributed by atoms with van der Waals surface area (Å²) < 4.78 is 5.98. The number of nitrogens with one attached hydrogen (secondary N) is 1. The average Bonchev–Trinajstić information content (AvgIpc) is 2.44. The summed E-state index contributed by atoms with van der Waals surface area (Å²) >= 11 is 0. The maximum atomic E-state index is 5.98. The van der Waals surface area contributed by atoms with Gasteiger partial charge in [0.05, 0.1) is 6.10 Å². The predicted molar refractivity (Wildman–Crippen MR) is 85.4 cm³/mol. The van der Waals surface area contributed by atoms with Crippen LogP contribution in [0.5, 0.6) is 0 Å². The molecule has 3 atom stereocenters. The number of hydrogen-bond donors (Lipinski definition) is 1. The summed E-state index contributed by atoms with van der Waals surface area (Å²) in [6, 6.07) is 10.3. The first kappa shape index (κ1) is 13.8. The van der Waals surface area contributed by atoms with Gasteiger partial charge >= 0.3 is 0 Å². The van der Waals surface area contributed by atoms with Crippen LogP contribution in [-0.4, -0.2) is 18.8 Å². The zero-order valence-electron chi connectivity index (χ0n) is 13.1. The van der Waals surface area contributed by atoms with Gasteiger partial charge in [0, 0.05) is 24.1 Å². The van der Waals surface area contributed by atoms with Crippen molar-refractivity contribution in [2.45, 2.75) is 70.1 Å². The third-order valence-corrected chi connectivity index (χ3v) is 6.21. The van der Waals surface area contributed by atoms with E-state index in [-0.39, 0.29) is 0 Å². The lowest BCUT2D eigenvalue weighted by molar-refractivity contribution is -0.175. The molecule has 0 bridgehead atoms. The van der Waals surface area contributed by atoms with Gasteiger partial charge in [0.25, 0.3) is 0 Å². The van der Waals surface area contributed by atoms with E-state index in [1.54, 1.807) is 11.1 Å². The highest BCUT2D eigenvalue weighted by atomic mass is 16.5. The normalized spacial score (nSPS) is 33.1. The van der Waals surface area contributed by atoms with Gasteiger partial charge < -0.3 is 10.1 Å². The van der Waals surface area contributed by atoms with Crippen LogP contribution in [0.1, 0.15) is 62.6 Å². The molecule has 2 heteroatoms. The van der Waals surface area contributed by atoms with E-state index in [0.29, 0.717) is 23.6 Å². The first-order valence-electron chi connectivity index (χ1n) is 8.79. The van der Waals surface area contributed by atoms with E-state index in [9.17, 15) is 0 Å². The van der Waals surface area contributed by atoms with Crippen molar-refractivity contribution < 1.29 is 4.74 Å². The van der Waals surface area contributed by atoms with Crippen molar-refractivity contribution in [1.82, 2.24) is 5.32 Å². The third-order valence-electron chi connectivity index (χ3n) is 6.21. The molecule has 3 aliphatic carbocycles. The fraction of sp³-hybridized carbons (Fsp3) is 0.684. The van der Waals surface area contributed by atoms with Crippen LogP contribution < -0.4 is 5.32 Å². The van der Waals surface area contributed by atoms with Crippen molar-refractivity contribution in [2.24, 2.45) is 5.41 Å². The van der Waals surface area contributed by atoms with Crippen molar-refractivity contribution in [2.75, 3.05) is 6.61 Å². The summed E-state index contributed by atoms with van der Waals surface area (Å²) in [5.74, 6) is 0. The molecule has 0 radical (unpaired) electrons.